The minimum Gasteiger partial charge on any atom is -0.359 e. The third-order valence-electron chi connectivity index (χ3n) is 3.53. The quantitative estimate of drug-likeness (QED) is 0.453. The summed E-state index contributed by atoms with van der Waals surface area (Å²) >= 11 is 0. The minimum atomic E-state index is 1.05. The zero-order chi connectivity index (χ0) is 12.1. The summed E-state index contributed by atoms with van der Waals surface area (Å²) in [5.74, 6) is 0. The van der Waals surface area contributed by atoms with Gasteiger partial charge in [-0.05, 0) is 29.8 Å². The van der Waals surface area contributed by atoms with Crippen molar-refractivity contribution in [3.63, 3.8) is 0 Å². The van der Waals surface area contributed by atoms with E-state index in [1.54, 1.807) is 0 Å². The lowest BCUT2D eigenvalue weighted by Crippen LogP contribution is -1.86. The number of H-pyrrole nitrogens is 1. The van der Waals surface area contributed by atoms with E-state index in [-0.39, 0.29) is 0 Å². The lowest BCUT2D eigenvalue weighted by atomic mass is 10.0. The van der Waals surface area contributed by atoms with Crippen LogP contribution >= 0.6 is 0 Å². The Bertz CT molecular complexity index is 887. The van der Waals surface area contributed by atoms with Crippen LogP contribution in [0.15, 0.2) is 48.7 Å². The maximum Gasteiger partial charge on any atom is 0.0952 e. The van der Waals surface area contributed by atoms with Crippen molar-refractivity contribution in [2.75, 3.05) is 0 Å². The molecule has 86 valence electrons. The molecule has 4 rings (SSSR count). The summed E-state index contributed by atoms with van der Waals surface area (Å²) in [6.07, 6.45) is 1.99. The van der Waals surface area contributed by atoms with Gasteiger partial charge >= 0.3 is 0 Å². The molecule has 0 atom stereocenters. The molecule has 18 heavy (non-hydrogen) atoms. The van der Waals surface area contributed by atoms with Gasteiger partial charge in [0.15, 0.2) is 0 Å². The van der Waals surface area contributed by atoms with Gasteiger partial charge in [-0.1, -0.05) is 30.3 Å². The lowest BCUT2D eigenvalue weighted by Gasteiger charge is -2.06. The summed E-state index contributed by atoms with van der Waals surface area (Å²) in [5.41, 5.74) is 3.25. The normalized spacial score (nSPS) is 11.6. The molecule has 0 saturated heterocycles. The van der Waals surface area contributed by atoms with Crippen LogP contribution in [0, 0.1) is 6.92 Å². The number of hydrogen-bond donors (Lipinski definition) is 1. The molecule has 0 spiro atoms. The van der Waals surface area contributed by atoms with Gasteiger partial charge in [0.1, 0.15) is 0 Å². The number of aromatic amines is 1. The van der Waals surface area contributed by atoms with Crippen molar-refractivity contribution in [2.24, 2.45) is 0 Å². The lowest BCUT2D eigenvalue weighted by molar-refractivity contribution is 1.26. The van der Waals surface area contributed by atoms with E-state index in [2.05, 4.69) is 47.4 Å². The Kier molecular flexibility index (Phi) is 1.78. The van der Waals surface area contributed by atoms with Gasteiger partial charge < -0.3 is 4.98 Å². The summed E-state index contributed by atoms with van der Waals surface area (Å²) in [5, 5.41) is 5.02. The Morgan fingerprint density at radius 2 is 1.61 bits per heavy atom. The molecule has 2 heteroatoms. The molecule has 2 nitrogen and oxygen atoms in total. The second kappa shape index (κ2) is 3.33. The molecule has 0 aliphatic heterocycles. The molecule has 0 amide bonds. The van der Waals surface area contributed by atoms with E-state index in [1.807, 2.05) is 13.1 Å². The van der Waals surface area contributed by atoms with Crippen LogP contribution in [-0.4, -0.2) is 9.97 Å². The summed E-state index contributed by atoms with van der Waals surface area (Å²) in [6.45, 7) is 2.03. The first-order valence-electron chi connectivity index (χ1n) is 6.10. The predicted octanol–water partition coefficient (Wildman–Crippen LogP) is 4.18. The first-order valence-corrected chi connectivity index (χ1v) is 6.10. The molecular formula is C16H12N2. The molecule has 1 N–H and O–H groups in total. The average molecular weight is 232 g/mol. The fraction of sp³-hybridized carbons (Fsp3) is 0.0625. The fourth-order valence-corrected chi connectivity index (χ4v) is 2.71. The molecule has 2 heterocycles. The third-order valence-corrected chi connectivity index (χ3v) is 3.53. The summed E-state index contributed by atoms with van der Waals surface area (Å²) < 4.78 is 0. The molecule has 0 aliphatic carbocycles. The Hall–Kier alpha value is -2.35. The topological polar surface area (TPSA) is 28.7 Å². The highest BCUT2D eigenvalue weighted by Gasteiger charge is 2.09. The van der Waals surface area contributed by atoms with Crippen molar-refractivity contribution in [3.8, 4) is 0 Å². The molecule has 0 bridgehead atoms. The number of aryl methyl sites for hydroxylation is 1. The van der Waals surface area contributed by atoms with Crippen LogP contribution in [0.25, 0.3) is 32.6 Å². The van der Waals surface area contributed by atoms with E-state index in [0.29, 0.717) is 0 Å². The second-order valence-corrected chi connectivity index (χ2v) is 4.66. The monoisotopic (exact) mass is 232 g/mol. The molecule has 0 unspecified atom stereocenters. The Labute approximate surface area is 104 Å². The van der Waals surface area contributed by atoms with Crippen LogP contribution in [0.3, 0.4) is 0 Å². The maximum absolute atomic E-state index is 4.69. The molecule has 0 radical (unpaired) electrons. The highest BCUT2D eigenvalue weighted by atomic mass is 14.8. The van der Waals surface area contributed by atoms with Gasteiger partial charge in [0.2, 0.25) is 0 Å². The van der Waals surface area contributed by atoms with Gasteiger partial charge in [0, 0.05) is 22.7 Å². The largest absolute Gasteiger partial charge is 0.359 e. The SMILES string of the molecule is Cc1ccc2c3ccccc3c3cc[nH]c3c2n1. The summed E-state index contributed by atoms with van der Waals surface area (Å²) in [4.78, 5) is 8.01. The summed E-state index contributed by atoms with van der Waals surface area (Å²) in [7, 11) is 0. The number of benzene rings is 2. The Morgan fingerprint density at radius 3 is 2.44 bits per heavy atom. The van der Waals surface area contributed by atoms with Gasteiger partial charge in [-0.25, -0.2) is 0 Å². The molecular weight excluding hydrogens is 220 g/mol. The predicted molar refractivity (Wildman–Crippen MR) is 75.8 cm³/mol. The zero-order valence-electron chi connectivity index (χ0n) is 10.1. The average Bonchev–Trinajstić information content (AvgIpc) is 2.88. The third kappa shape index (κ3) is 1.15. The molecule has 0 saturated carbocycles. The van der Waals surface area contributed by atoms with Crippen LogP contribution in [0.1, 0.15) is 5.69 Å². The van der Waals surface area contributed by atoms with E-state index in [9.17, 15) is 0 Å². The maximum atomic E-state index is 4.69. The van der Waals surface area contributed by atoms with Gasteiger partial charge in [0.25, 0.3) is 0 Å². The van der Waals surface area contributed by atoms with Gasteiger partial charge in [-0.2, -0.15) is 0 Å². The number of nitrogens with zero attached hydrogens (tertiary/aromatic N) is 1. The van der Waals surface area contributed by atoms with Crippen molar-refractivity contribution in [1.29, 1.82) is 0 Å². The number of fused-ring (bicyclic) bond motifs is 6. The van der Waals surface area contributed by atoms with E-state index >= 15 is 0 Å². The summed E-state index contributed by atoms with van der Waals surface area (Å²) in [6, 6.07) is 14.9. The van der Waals surface area contributed by atoms with Crippen LogP contribution in [0.2, 0.25) is 0 Å². The van der Waals surface area contributed by atoms with Crippen molar-refractivity contribution in [2.45, 2.75) is 6.92 Å². The van der Waals surface area contributed by atoms with Crippen molar-refractivity contribution in [3.05, 3.63) is 54.4 Å². The first kappa shape index (κ1) is 9.66. The van der Waals surface area contributed by atoms with Gasteiger partial charge in [-0.3, -0.25) is 4.98 Å². The minimum absolute atomic E-state index is 1.05. The highest BCUT2D eigenvalue weighted by Crippen LogP contribution is 2.33. The molecule has 0 aliphatic rings. The highest BCUT2D eigenvalue weighted by molar-refractivity contribution is 6.23. The number of hydrogen-bond acceptors (Lipinski definition) is 1. The molecule has 4 aromatic rings. The smallest absolute Gasteiger partial charge is 0.0952 e. The Morgan fingerprint density at radius 1 is 0.833 bits per heavy atom. The van der Waals surface area contributed by atoms with Crippen LogP contribution in [0.5, 0.6) is 0 Å². The van der Waals surface area contributed by atoms with E-state index in [1.165, 1.54) is 21.5 Å². The van der Waals surface area contributed by atoms with Gasteiger partial charge in [0.05, 0.1) is 11.0 Å². The van der Waals surface area contributed by atoms with E-state index in [0.717, 1.165) is 16.7 Å². The number of pyridine rings is 1. The van der Waals surface area contributed by atoms with E-state index < -0.39 is 0 Å². The van der Waals surface area contributed by atoms with Crippen molar-refractivity contribution >= 4 is 32.6 Å². The van der Waals surface area contributed by atoms with Crippen molar-refractivity contribution in [1.82, 2.24) is 9.97 Å². The van der Waals surface area contributed by atoms with Crippen LogP contribution < -0.4 is 0 Å². The zero-order valence-corrected chi connectivity index (χ0v) is 10.1. The molecule has 2 aromatic carbocycles. The number of aromatic nitrogens is 2. The second-order valence-electron chi connectivity index (χ2n) is 4.66. The first-order chi connectivity index (χ1) is 8.84. The standard InChI is InChI=1S/C16H12N2/c1-10-6-7-13-11-4-2-3-5-12(11)14-8-9-17-15(14)16(13)18-10/h2-9,17H,1H3. The Balaban J connectivity index is 2.44. The van der Waals surface area contributed by atoms with E-state index in [4.69, 9.17) is 4.98 Å². The van der Waals surface area contributed by atoms with Crippen molar-refractivity contribution < 1.29 is 0 Å². The van der Waals surface area contributed by atoms with Gasteiger partial charge in [-0.15, -0.1) is 0 Å². The number of nitrogens with one attached hydrogen (secondary N) is 1. The van der Waals surface area contributed by atoms with Crippen LogP contribution in [0.4, 0.5) is 0 Å². The van der Waals surface area contributed by atoms with Crippen LogP contribution in [-0.2, 0) is 0 Å². The fourth-order valence-electron chi connectivity index (χ4n) is 2.71. The number of rotatable bonds is 0. The molecule has 0 fully saturated rings. The molecule has 2 aromatic heterocycles.